The molecule has 0 saturated carbocycles. The minimum atomic E-state index is -0.655. The zero-order valence-corrected chi connectivity index (χ0v) is 12.1. The molecule has 0 fully saturated rings. The lowest BCUT2D eigenvalue weighted by atomic mass is 10.2. The van der Waals surface area contributed by atoms with Gasteiger partial charge in [-0.15, -0.1) is 11.3 Å². The topological polar surface area (TPSA) is 84.2 Å². The number of carbonyl (C=O) groups is 2. The third-order valence-electron chi connectivity index (χ3n) is 2.80. The minimum Gasteiger partial charge on any atom is -0.354 e. The summed E-state index contributed by atoms with van der Waals surface area (Å²) in [6, 6.07) is 3.19. The van der Waals surface area contributed by atoms with Crippen molar-refractivity contribution in [3.05, 3.63) is 22.4 Å². The van der Waals surface area contributed by atoms with E-state index in [0.717, 1.165) is 11.3 Å². The van der Waals surface area contributed by atoms with Crippen LogP contribution < -0.4 is 16.4 Å². The number of thiophene rings is 1. The van der Waals surface area contributed by atoms with Crippen molar-refractivity contribution in [3.8, 4) is 0 Å². The molecule has 0 aliphatic rings. The molecule has 106 valence electrons. The van der Waals surface area contributed by atoms with Crippen molar-refractivity contribution >= 4 is 23.2 Å². The fourth-order valence-electron chi connectivity index (χ4n) is 1.46. The molecule has 0 radical (unpaired) electrons. The SMILES string of the molecule is CCC(C)NC(=O)CCNC(=O)C(N)c1cccs1. The van der Waals surface area contributed by atoms with Crippen LogP contribution in [0.2, 0.25) is 0 Å². The first-order valence-corrected chi connectivity index (χ1v) is 7.28. The fourth-order valence-corrected chi connectivity index (χ4v) is 2.18. The quantitative estimate of drug-likeness (QED) is 0.702. The first-order chi connectivity index (χ1) is 9.04. The van der Waals surface area contributed by atoms with E-state index < -0.39 is 6.04 Å². The smallest absolute Gasteiger partial charge is 0.242 e. The van der Waals surface area contributed by atoms with Gasteiger partial charge in [0, 0.05) is 23.9 Å². The van der Waals surface area contributed by atoms with Gasteiger partial charge in [-0.25, -0.2) is 0 Å². The van der Waals surface area contributed by atoms with E-state index in [-0.39, 0.29) is 24.3 Å². The molecular weight excluding hydrogens is 262 g/mol. The Labute approximate surface area is 117 Å². The van der Waals surface area contributed by atoms with Gasteiger partial charge in [0.05, 0.1) is 0 Å². The van der Waals surface area contributed by atoms with E-state index in [4.69, 9.17) is 5.73 Å². The van der Waals surface area contributed by atoms with E-state index in [1.54, 1.807) is 0 Å². The van der Waals surface area contributed by atoms with Gasteiger partial charge < -0.3 is 16.4 Å². The van der Waals surface area contributed by atoms with Crippen molar-refractivity contribution in [1.29, 1.82) is 0 Å². The monoisotopic (exact) mass is 283 g/mol. The third-order valence-corrected chi connectivity index (χ3v) is 3.76. The standard InChI is InChI=1S/C13H21N3O2S/c1-3-9(2)16-11(17)6-7-15-13(18)12(14)10-5-4-8-19-10/h4-5,8-9,12H,3,6-7,14H2,1-2H3,(H,15,18)(H,16,17). The second-order valence-corrected chi connectivity index (χ2v) is 5.39. The number of rotatable bonds is 7. The maximum atomic E-state index is 11.7. The molecule has 2 atom stereocenters. The molecule has 2 unspecified atom stereocenters. The Morgan fingerprint density at radius 2 is 2.21 bits per heavy atom. The van der Waals surface area contributed by atoms with Crippen molar-refractivity contribution in [2.45, 2.75) is 38.8 Å². The number of amides is 2. The van der Waals surface area contributed by atoms with Gasteiger partial charge in [-0.3, -0.25) is 9.59 Å². The molecular formula is C13H21N3O2S. The second-order valence-electron chi connectivity index (χ2n) is 4.41. The molecule has 4 N–H and O–H groups in total. The molecule has 1 heterocycles. The first-order valence-electron chi connectivity index (χ1n) is 6.40. The Morgan fingerprint density at radius 3 is 2.79 bits per heavy atom. The Bertz CT molecular complexity index is 406. The van der Waals surface area contributed by atoms with Gasteiger partial charge in [0.25, 0.3) is 0 Å². The average Bonchev–Trinajstić information content (AvgIpc) is 2.91. The highest BCUT2D eigenvalue weighted by atomic mass is 32.1. The Hall–Kier alpha value is -1.40. The number of hydrogen-bond acceptors (Lipinski definition) is 4. The Morgan fingerprint density at radius 1 is 1.47 bits per heavy atom. The van der Waals surface area contributed by atoms with Crippen LogP contribution in [-0.2, 0) is 9.59 Å². The van der Waals surface area contributed by atoms with Gasteiger partial charge >= 0.3 is 0 Å². The number of hydrogen-bond donors (Lipinski definition) is 3. The maximum absolute atomic E-state index is 11.7. The van der Waals surface area contributed by atoms with E-state index in [0.29, 0.717) is 6.54 Å². The summed E-state index contributed by atoms with van der Waals surface area (Å²) in [6.07, 6.45) is 1.16. The summed E-state index contributed by atoms with van der Waals surface area (Å²) in [6.45, 7) is 4.26. The lowest BCUT2D eigenvalue weighted by Crippen LogP contribution is -2.38. The minimum absolute atomic E-state index is 0.0562. The van der Waals surface area contributed by atoms with Gasteiger partial charge in [0.15, 0.2) is 0 Å². The molecule has 0 aliphatic heterocycles. The summed E-state index contributed by atoms with van der Waals surface area (Å²) < 4.78 is 0. The average molecular weight is 283 g/mol. The van der Waals surface area contributed by atoms with Gasteiger partial charge in [-0.1, -0.05) is 13.0 Å². The van der Waals surface area contributed by atoms with Crippen LogP contribution in [0.1, 0.15) is 37.6 Å². The molecule has 2 amide bonds. The van der Waals surface area contributed by atoms with Crippen molar-refractivity contribution in [1.82, 2.24) is 10.6 Å². The summed E-state index contributed by atoms with van der Waals surface area (Å²) in [5, 5.41) is 7.39. The molecule has 0 spiro atoms. The molecule has 0 bridgehead atoms. The summed E-state index contributed by atoms with van der Waals surface area (Å²) in [5.74, 6) is -0.307. The highest BCUT2D eigenvalue weighted by molar-refractivity contribution is 7.10. The van der Waals surface area contributed by atoms with Crippen LogP contribution in [-0.4, -0.2) is 24.4 Å². The summed E-state index contributed by atoms with van der Waals surface area (Å²) >= 11 is 1.45. The van der Waals surface area contributed by atoms with E-state index in [9.17, 15) is 9.59 Å². The molecule has 1 rings (SSSR count). The predicted molar refractivity (Wildman–Crippen MR) is 76.8 cm³/mol. The molecule has 1 aromatic heterocycles. The van der Waals surface area contributed by atoms with E-state index >= 15 is 0 Å². The normalized spacial score (nSPS) is 13.6. The summed E-state index contributed by atoms with van der Waals surface area (Å²) in [4.78, 5) is 24.1. The lowest BCUT2D eigenvalue weighted by molar-refractivity contribution is -0.123. The molecule has 6 heteroatoms. The Balaban J connectivity index is 2.25. The zero-order chi connectivity index (χ0) is 14.3. The van der Waals surface area contributed by atoms with E-state index in [1.165, 1.54) is 11.3 Å². The Kier molecular flexibility index (Phi) is 6.52. The second kappa shape index (κ2) is 7.91. The van der Waals surface area contributed by atoms with Gasteiger partial charge in [-0.05, 0) is 24.8 Å². The van der Waals surface area contributed by atoms with Crippen LogP contribution in [0.3, 0.4) is 0 Å². The largest absolute Gasteiger partial charge is 0.354 e. The highest BCUT2D eigenvalue weighted by Crippen LogP contribution is 2.16. The number of nitrogens with one attached hydrogen (secondary N) is 2. The first kappa shape index (κ1) is 15.7. The highest BCUT2D eigenvalue weighted by Gasteiger charge is 2.16. The molecule has 0 aromatic carbocycles. The number of nitrogens with two attached hydrogens (primary N) is 1. The van der Waals surface area contributed by atoms with Gasteiger partial charge in [0.2, 0.25) is 11.8 Å². The van der Waals surface area contributed by atoms with Crippen molar-refractivity contribution < 1.29 is 9.59 Å². The third kappa shape index (κ3) is 5.40. The molecule has 1 aromatic rings. The maximum Gasteiger partial charge on any atom is 0.242 e. The molecule has 5 nitrogen and oxygen atoms in total. The zero-order valence-electron chi connectivity index (χ0n) is 11.3. The number of carbonyl (C=O) groups excluding carboxylic acids is 2. The van der Waals surface area contributed by atoms with Crippen molar-refractivity contribution in [3.63, 3.8) is 0 Å². The van der Waals surface area contributed by atoms with Crippen LogP contribution in [0.25, 0.3) is 0 Å². The molecule has 19 heavy (non-hydrogen) atoms. The lowest BCUT2D eigenvalue weighted by Gasteiger charge is -2.13. The molecule has 0 saturated heterocycles. The van der Waals surface area contributed by atoms with E-state index in [1.807, 2.05) is 31.4 Å². The predicted octanol–water partition coefficient (Wildman–Crippen LogP) is 1.17. The van der Waals surface area contributed by atoms with Gasteiger partial charge in [0.1, 0.15) is 6.04 Å². The van der Waals surface area contributed by atoms with Crippen molar-refractivity contribution in [2.24, 2.45) is 5.73 Å². The van der Waals surface area contributed by atoms with Crippen LogP contribution in [0, 0.1) is 0 Å². The fraction of sp³-hybridized carbons (Fsp3) is 0.538. The van der Waals surface area contributed by atoms with Crippen LogP contribution >= 0.6 is 11.3 Å². The molecule has 0 aliphatic carbocycles. The van der Waals surface area contributed by atoms with Crippen molar-refractivity contribution in [2.75, 3.05) is 6.54 Å². The van der Waals surface area contributed by atoms with E-state index in [2.05, 4.69) is 10.6 Å². The summed E-state index contributed by atoms with van der Waals surface area (Å²) in [7, 11) is 0. The van der Waals surface area contributed by atoms with Crippen LogP contribution in [0.5, 0.6) is 0 Å². The van der Waals surface area contributed by atoms with Crippen LogP contribution in [0.4, 0.5) is 0 Å². The van der Waals surface area contributed by atoms with Gasteiger partial charge in [-0.2, -0.15) is 0 Å². The van der Waals surface area contributed by atoms with Crippen LogP contribution in [0.15, 0.2) is 17.5 Å². The summed E-state index contributed by atoms with van der Waals surface area (Å²) in [5.41, 5.74) is 5.80.